The Morgan fingerprint density at radius 1 is 1.31 bits per heavy atom. The van der Waals surface area contributed by atoms with Crippen molar-refractivity contribution in [3.05, 3.63) is 17.0 Å². The van der Waals surface area contributed by atoms with Crippen LogP contribution >= 0.6 is 0 Å². The van der Waals surface area contributed by atoms with Gasteiger partial charge in [-0.1, -0.05) is 0 Å². The molecule has 0 atom stereocenters. The minimum Gasteiger partial charge on any atom is -0.294 e. The van der Waals surface area contributed by atoms with Crippen LogP contribution in [0, 0.1) is 0 Å². The van der Waals surface area contributed by atoms with E-state index in [2.05, 4.69) is 10.2 Å². The number of hydrogen-bond donors (Lipinski definition) is 1. The Morgan fingerprint density at radius 2 is 2.15 bits per heavy atom. The molecule has 1 fully saturated rings. The topological polar surface area (TPSA) is 45.8 Å². The summed E-state index contributed by atoms with van der Waals surface area (Å²) in [6.45, 7) is 0. The van der Waals surface area contributed by atoms with E-state index in [1.54, 1.807) is 0 Å². The van der Waals surface area contributed by atoms with Gasteiger partial charge in [0.2, 0.25) is 0 Å². The number of aromatic amines is 1. The molecule has 3 heteroatoms. The maximum Gasteiger partial charge on any atom is 0.166 e. The molecule has 13 heavy (non-hydrogen) atoms. The van der Waals surface area contributed by atoms with Crippen LogP contribution in [0.2, 0.25) is 0 Å². The number of nitrogens with one attached hydrogen (secondary N) is 1. The van der Waals surface area contributed by atoms with Gasteiger partial charge in [-0.2, -0.15) is 5.10 Å². The fourth-order valence-electron chi connectivity index (χ4n) is 2.09. The molecule has 1 aromatic heterocycles. The lowest BCUT2D eigenvalue weighted by Gasteiger charge is -2.09. The highest BCUT2D eigenvalue weighted by atomic mass is 16.1. The lowest BCUT2D eigenvalue weighted by Crippen LogP contribution is -2.10. The van der Waals surface area contributed by atoms with E-state index in [1.807, 2.05) is 0 Å². The fraction of sp³-hybridized carbons (Fsp3) is 0.600. The molecule has 0 aliphatic heterocycles. The molecule has 0 aromatic carbocycles. The number of ketones is 1. The van der Waals surface area contributed by atoms with E-state index in [9.17, 15) is 4.79 Å². The standard InChI is InChI=1S/C10H12N2O/c13-8-3-1-2-7-9(8)10(12-11-7)6-4-5-6/h6H,1-5H2,(H,11,12). The Labute approximate surface area is 76.5 Å². The lowest BCUT2D eigenvalue weighted by atomic mass is 9.93. The maximum atomic E-state index is 11.6. The van der Waals surface area contributed by atoms with Crippen LogP contribution in [0.25, 0.3) is 0 Å². The van der Waals surface area contributed by atoms with Crippen LogP contribution in [-0.4, -0.2) is 16.0 Å². The molecular formula is C10H12N2O. The van der Waals surface area contributed by atoms with Gasteiger partial charge in [0.05, 0.1) is 11.3 Å². The van der Waals surface area contributed by atoms with Gasteiger partial charge < -0.3 is 0 Å². The van der Waals surface area contributed by atoms with E-state index in [0.717, 1.165) is 29.8 Å². The van der Waals surface area contributed by atoms with Crippen LogP contribution in [0.4, 0.5) is 0 Å². The Hall–Kier alpha value is -1.12. The average Bonchev–Trinajstić information content (AvgIpc) is 2.87. The van der Waals surface area contributed by atoms with Crippen molar-refractivity contribution in [1.82, 2.24) is 10.2 Å². The molecular weight excluding hydrogens is 164 g/mol. The van der Waals surface area contributed by atoms with Crippen molar-refractivity contribution in [1.29, 1.82) is 0 Å². The second-order valence-corrected chi connectivity index (χ2v) is 4.01. The fourth-order valence-corrected chi connectivity index (χ4v) is 2.09. The van der Waals surface area contributed by atoms with Gasteiger partial charge in [-0.05, 0) is 25.7 Å². The number of carbonyl (C=O) groups is 1. The molecule has 1 N–H and O–H groups in total. The van der Waals surface area contributed by atoms with Crippen LogP contribution in [0.3, 0.4) is 0 Å². The summed E-state index contributed by atoms with van der Waals surface area (Å²) < 4.78 is 0. The molecule has 3 nitrogen and oxygen atoms in total. The molecule has 0 spiro atoms. The molecule has 1 saturated carbocycles. The first-order valence-corrected chi connectivity index (χ1v) is 4.96. The molecule has 0 saturated heterocycles. The zero-order chi connectivity index (χ0) is 8.84. The van der Waals surface area contributed by atoms with E-state index in [1.165, 1.54) is 12.8 Å². The first kappa shape index (κ1) is 7.30. The lowest BCUT2D eigenvalue weighted by molar-refractivity contribution is 0.0971. The molecule has 0 unspecified atom stereocenters. The summed E-state index contributed by atoms with van der Waals surface area (Å²) in [5.74, 6) is 0.888. The quantitative estimate of drug-likeness (QED) is 0.709. The summed E-state index contributed by atoms with van der Waals surface area (Å²) in [6.07, 6.45) is 5.13. The highest BCUT2D eigenvalue weighted by Gasteiger charge is 2.33. The van der Waals surface area contributed by atoms with E-state index < -0.39 is 0 Å². The van der Waals surface area contributed by atoms with Crippen LogP contribution in [0.1, 0.15) is 53.3 Å². The largest absolute Gasteiger partial charge is 0.294 e. The van der Waals surface area contributed by atoms with E-state index in [-0.39, 0.29) is 0 Å². The Balaban J connectivity index is 2.11. The first-order valence-electron chi connectivity index (χ1n) is 4.96. The predicted octanol–water partition coefficient (Wildman–Crippen LogP) is 1.81. The zero-order valence-corrected chi connectivity index (χ0v) is 7.47. The number of aryl methyl sites for hydroxylation is 1. The van der Waals surface area contributed by atoms with Crippen molar-refractivity contribution in [2.24, 2.45) is 0 Å². The first-order chi connectivity index (χ1) is 6.36. The highest BCUT2D eigenvalue weighted by Crippen LogP contribution is 2.42. The molecule has 1 aromatic rings. The molecule has 1 heterocycles. The summed E-state index contributed by atoms with van der Waals surface area (Å²) in [6, 6.07) is 0. The third kappa shape index (κ3) is 1.03. The van der Waals surface area contributed by atoms with Crippen molar-refractivity contribution in [3.63, 3.8) is 0 Å². The summed E-state index contributed by atoms with van der Waals surface area (Å²) in [4.78, 5) is 11.6. The maximum absolute atomic E-state index is 11.6. The molecule has 2 aliphatic carbocycles. The zero-order valence-electron chi connectivity index (χ0n) is 7.47. The van der Waals surface area contributed by atoms with Crippen molar-refractivity contribution < 1.29 is 4.79 Å². The highest BCUT2D eigenvalue weighted by molar-refractivity contribution is 5.99. The second kappa shape index (κ2) is 2.44. The summed E-state index contributed by atoms with van der Waals surface area (Å²) in [7, 11) is 0. The van der Waals surface area contributed by atoms with Gasteiger partial charge in [0, 0.05) is 18.0 Å². The van der Waals surface area contributed by atoms with E-state index >= 15 is 0 Å². The molecule has 2 aliphatic rings. The van der Waals surface area contributed by atoms with Crippen molar-refractivity contribution >= 4 is 5.78 Å². The smallest absolute Gasteiger partial charge is 0.166 e. The van der Waals surface area contributed by atoms with Crippen molar-refractivity contribution in [3.8, 4) is 0 Å². The Morgan fingerprint density at radius 3 is 2.92 bits per heavy atom. The minimum atomic E-state index is 0.303. The SMILES string of the molecule is O=C1CCCc2[nH]nc(C3CC3)c21. The predicted molar refractivity (Wildman–Crippen MR) is 47.8 cm³/mol. The van der Waals surface area contributed by atoms with Gasteiger partial charge in [0.1, 0.15) is 0 Å². The van der Waals surface area contributed by atoms with Gasteiger partial charge in [-0.15, -0.1) is 0 Å². The van der Waals surface area contributed by atoms with Gasteiger partial charge in [0.15, 0.2) is 5.78 Å². The van der Waals surface area contributed by atoms with Crippen LogP contribution in [0.5, 0.6) is 0 Å². The molecule has 3 rings (SSSR count). The summed E-state index contributed by atoms with van der Waals surface area (Å²) in [5.41, 5.74) is 3.08. The second-order valence-electron chi connectivity index (χ2n) is 4.01. The number of hydrogen-bond acceptors (Lipinski definition) is 2. The number of fused-ring (bicyclic) bond motifs is 1. The van der Waals surface area contributed by atoms with Crippen LogP contribution < -0.4 is 0 Å². The van der Waals surface area contributed by atoms with Gasteiger partial charge in [-0.25, -0.2) is 0 Å². The normalized spacial score (nSPS) is 21.7. The van der Waals surface area contributed by atoms with Crippen LogP contribution in [-0.2, 0) is 6.42 Å². The number of Topliss-reactive ketones (excluding diaryl/α,β-unsaturated/α-hetero) is 1. The van der Waals surface area contributed by atoms with Crippen molar-refractivity contribution in [2.75, 3.05) is 0 Å². The van der Waals surface area contributed by atoms with Crippen molar-refractivity contribution in [2.45, 2.75) is 38.0 Å². The Kier molecular flexibility index (Phi) is 1.37. The third-order valence-corrected chi connectivity index (χ3v) is 2.94. The average molecular weight is 176 g/mol. The summed E-state index contributed by atoms with van der Waals surface area (Å²) >= 11 is 0. The number of H-pyrrole nitrogens is 1. The summed E-state index contributed by atoms with van der Waals surface area (Å²) in [5, 5.41) is 7.27. The van der Waals surface area contributed by atoms with E-state index in [4.69, 9.17) is 0 Å². The van der Waals surface area contributed by atoms with Gasteiger partial charge >= 0.3 is 0 Å². The van der Waals surface area contributed by atoms with Gasteiger partial charge in [-0.3, -0.25) is 9.89 Å². The van der Waals surface area contributed by atoms with E-state index in [0.29, 0.717) is 18.1 Å². The number of rotatable bonds is 1. The number of nitrogens with zero attached hydrogens (tertiary/aromatic N) is 1. The monoisotopic (exact) mass is 176 g/mol. The van der Waals surface area contributed by atoms with Gasteiger partial charge in [0.25, 0.3) is 0 Å². The number of carbonyl (C=O) groups excluding carboxylic acids is 1. The molecule has 0 amide bonds. The van der Waals surface area contributed by atoms with Crippen LogP contribution in [0.15, 0.2) is 0 Å². The molecule has 0 bridgehead atoms. The Bertz CT molecular complexity index is 363. The minimum absolute atomic E-state index is 0.303. The molecule has 0 radical (unpaired) electrons. The molecule has 68 valence electrons. The number of aromatic nitrogens is 2. The third-order valence-electron chi connectivity index (χ3n) is 2.94.